The molecule has 2 aromatic carbocycles. The van der Waals surface area contributed by atoms with Crippen LogP contribution in [0.3, 0.4) is 0 Å². The van der Waals surface area contributed by atoms with Crippen LogP contribution in [0.5, 0.6) is 0 Å². The number of benzene rings is 2. The third kappa shape index (κ3) is 2.89. The van der Waals surface area contributed by atoms with Gasteiger partial charge in [0.15, 0.2) is 0 Å². The number of pyridine rings is 1. The van der Waals surface area contributed by atoms with Crippen molar-refractivity contribution < 1.29 is 4.57 Å². The van der Waals surface area contributed by atoms with E-state index in [0.717, 1.165) is 0 Å². The fourth-order valence-corrected chi connectivity index (χ4v) is 3.73. The maximum atomic E-state index is 2.25. The minimum Gasteiger partial charge on any atom is -0.195 e. The number of aryl methyl sites for hydroxylation is 1. The Labute approximate surface area is 146 Å². The van der Waals surface area contributed by atoms with Gasteiger partial charge < -0.3 is 0 Å². The summed E-state index contributed by atoms with van der Waals surface area (Å²) in [7, 11) is 2.12. The van der Waals surface area contributed by atoms with Gasteiger partial charge in [0, 0.05) is 28.5 Å². The normalized spacial score (nSPS) is 11.4. The number of fused-ring (bicyclic) bond motifs is 1. The molecule has 2 heteroatoms. The molecule has 0 radical (unpaired) electrons. The van der Waals surface area contributed by atoms with E-state index in [0.29, 0.717) is 0 Å². The summed E-state index contributed by atoms with van der Waals surface area (Å²) < 4.78 is 2.23. The van der Waals surface area contributed by atoms with E-state index in [1.54, 1.807) is 11.3 Å². The third-order valence-electron chi connectivity index (χ3n) is 4.26. The van der Waals surface area contributed by atoms with Gasteiger partial charge >= 0.3 is 0 Å². The highest BCUT2D eigenvalue weighted by molar-refractivity contribution is 7.11. The highest BCUT2D eigenvalue weighted by Gasteiger charge is 2.08. The smallest absolute Gasteiger partial charge is 0.195 e. The molecule has 0 amide bonds. The van der Waals surface area contributed by atoms with Crippen molar-refractivity contribution in [3.05, 3.63) is 88.7 Å². The number of thiophene rings is 1. The Balaban J connectivity index is 1.64. The first-order valence-corrected chi connectivity index (χ1v) is 8.89. The summed E-state index contributed by atoms with van der Waals surface area (Å²) in [6.45, 7) is 0. The molecule has 0 saturated carbocycles. The molecular formula is C22H18NS+. The second kappa shape index (κ2) is 6.42. The molecule has 2 aromatic heterocycles. The molecule has 0 aliphatic rings. The Hall–Kier alpha value is -2.71. The quantitative estimate of drug-likeness (QED) is 0.433. The molecule has 0 aliphatic heterocycles. The van der Waals surface area contributed by atoms with E-state index in [-0.39, 0.29) is 0 Å². The van der Waals surface area contributed by atoms with Crippen molar-refractivity contribution in [1.82, 2.24) is 0 Å². The van der Waals surface area contributed by atoms with Gasteiger partial charge in [-0.1, -0.05) is 42.5 Å². The highest BCUT2D eigenvalue weighted by atomic mass is 32.1. The van der Waals surface area contributed by atoms with Crippen molar-refractivity contribution in [2.24, 2.45) is 7.05 Å². The molecule has 24 heavy (non-hydrogen) atoms. The van der Waals surface area contributed by atoms with Crippen LogP contribution in [0.2, 0.25) is 0 Å². The lowest BCUT2D eigenvalue weighted by Crippen LogP contribution is -2.32. The van der Waals surface area contributed by atoms with Crippen LogP contribution in [0.1, 0.15) is 10.6 Å². The zero-order valence-electron chi connectivity index (χ0n) is 13.5. The van der Waals surface area contributed by atoms with Gasteiger partial charge in [0.05, 0.1) is 0 Å². The van der Waals surface area contributed by atoms with E-state index < -0.39 is 0 Å². The number of para-hydroxylation sites is 1. The molecular weight excluding hydrogens is 310 g/mol. The van der Waals surface area contributed by atoms with Gasteiger partial charge in [-0.2, -0.15) is 4.57 Å². The van der Waals surface area contributed by atoms with Crippen molar-refractivity contribution in [2.75, 3.05) is 0 Å². The predicted molar refractivity (Wildman–Crippen MR) is 104 cm³/mol. The van der Waals surface area contributed by atoms with Gasteiger partial charge in [0.2, 0.25) is 11.2 Å². The van der Waals surface area contributed by atoms with Crippen LogP contribution >= 0.6 is 11.3 Å². The van der Waals surface area contributed by atoms with Gasteiger partial charge in [-0.05, 0) is 40.8 Å². The fourth-order valence-electron chi connectivity index (χ4n) is 2.92. The second-order valence-corrected chi connectivity index (χ2v) is 6.76. The first-order chi connectivity index (χ1) is 11.8. The van der Waals surface area contributed by atoms with E-state index in [9.17, 15) is 0 Å². The minimum atomic E-state index is 1.20. The average molecular weight is 328 g/mol. The largest absolute Gasteiger partial charge is 0.212 e. The maximum Gasteiger partial charge on any atom is 0.212 e. The van der Waals surface area contributed by atoms with Crippen LogP contribution in [0, 0.1) is 0 Å². The van der Waals surface area contributed by atoms with Gasteiger partial charge in [-0.3, -0.25) is 0 Å². The molecule has 0 spiro atoms. The molecule has 0 bridgehead atoms. The van der Waals surface area contributed by atoms with Crippen molar-refractivity contribution in [3.63, 3.8) is 0 Å². The molecule has 116 valence electrons. The van der Waals surface area contributed by atoms with Gasteiger partial charge in [0.1, 0.15) is 7.05 Å². The van der Waals surface area contributed by atoms with Crippen LogP contribution in [-0.2, 0) is 7.05 Å². The Morgan fingerprint density at radius 2 is 1.58 bits per heavy atom. The van der Waals surface area contributed by atoms with Gasteiger partial charge in [-0.25, -0.2) is 0 Å². The summed E-state index contributed by atoms with van der Waals surface area (Å²) in [6.07, 6.45) is 4.38. The SMILES string of the molecule is C[n+]1c(/C=C/c2cc(-c3ccccc3)cs2)ccc2ccccc21. The summed E-state index contributed by atoms with van der Waals surface area (Å²) >= 11 is 1.78. The fraction of sp³-hybridized carbons (Fsp3) is 0.0455. The summed E-state index contributed by atoms with van der Waals surface area (Å²) in [5, 5.41) is 3.48. The highest BCUT2D eigenvalue weighted by Crippen LogP contribution is 2.26. The molecule has 4 aromatic rings. The van der Waals surface area contributed by atoms with E-state index in [2.05, 4.69) is 102 Å². The Morgan fingerprint density at radius 3 is 2.46 bits per heavy atom. The number of aromatic nitrogens is 1. The van der Waals surface area contributed by atoms with Crippen LogP contribution in [0.15, 0.2) is 78.2 Å². The molecule has 0 aliphatic carbocycles. The molecule has 0 saturated heterocycles. The number of nitrogens with zero attached hydrogens (tertiary/aromatic N) is 1. The number of rotatable bonds is 3. The van der Waals surface area contributed by atoms with Crippen LogP contribution in [-0.4, -0.2) is 0 Å². The molecule has 0 atom stereocenters. The van der Waals surface area contributed by atoms with E-state index in [4.69, 9.17) is 0 Å². The van der Waals surface area contributed by atoms with Crippen molar-refractivity contribution >= 4 is 34.4 Å². The second-order valence-electron chi connectivity index (χ2n) is 5.81. The maximum absolute atomic E-state index is 2.25. The first kappa shape index (κ1) is 14.9. The Bertz CT molecular complexity index is 1010. The lowest BCUT2D eigenvalue weighted by molar-refractivity contribution is -0.646. The minimum absolute atomic E-state index is 1.20. The standard InChI is InChI=1S/C22H18NS/c1-23-20(12-11-18-9-5-6-10-22(18)23)13-14-21-15-19(16-24-21)17-7-3-2-4-8-17/h2-16H,1H3/q+1/b14-13+. The average Bonchev–Trinajstić information content (AvgIpc) is 3.11. The lowest BCUT2D eigenvalue weighted by atomic mass is 10.1. The van der Waals surface area contributed by atoms with E-state index >= 15 is 0 Å². The zero-order valence-corrected chi connectivity index (χ0v) is 14.3. The monoisotopic (exact) mass is 328 g/mol. The van der Waals surface area contributed by atoms with Crippen molar-refractivity contribution in [1.29, 1.82) is 0 Å². The van der Waals surface area contributed by atoms with Gasteiger partial charge in [0.25, 0.3) is 0 Å². The van der Waals surface area contributed by atoms with Gasteiger partial charge in [-0.15, -0.1) is 11.3 Å². The first-order valence-electron chi connectivity index (χ1n) is 8.01. The predicted octanol–water partition coefficient (Wildman–Crippen LogP) is 5.56. The molecule has 2 heterocycles. The summed E-state index contributed by atoms with van der Waals surface area (Å²) in [5.41, 5.74) is 4.99. The lowest BCUT2D eigenvalue weighted by Gasteiger charge is -1.99. The molecule has 0 fully saturated rings. The molecule has 4 rings (SSSR count). The summed E-state index contributed by atoms with van der Waals surface area (Å²) in [5.74, 6) is 0. The van der Waals surface area contributed by atoms with Crippen LogP contribution in [0.25, 0.3) is 34.2 Å². The van der Waals surface area contributed by atoms with E-state index in [1.165, 1.54) is 32.6 Å². The van der Waals surface area contributed by atoms with Crippen molar-refractivity contribution in [2.45, 2.75) is 0 Å². The Morgan fingerprint density at radius 1 is 0.792 bits per heavy atom. The van der Waals surface area contributed by atoms with Crippen LogP contribution < -0.4 is 4.57 Å². The molecule has 1 nitrogen and oxygen atoms in total. The summed E-state index contributed by atoms with van der Waals surface area (Å²) in [4.78, 5) is 1.27. The van der Waals surface area contributed by atoms with Crippen molar-refractivity contribution in [3.8, 4) is 11.1 Å². The zero-order chi connectivity index (χ0) is 16.4. The molecule has 0 unspecified atom stereocenters. The van der Waals surface area contributed by atoms with Crippen LogP contribution in [0.4, 0.5) is 0 Å². The van der Waals surface area contributed by atoms with E-state index in [1.807, 2.05) is 0 Å². The number of hydrogen-bond acceptors (Lipinski definition) is 1. The molecule has 0 N–H and O–H groups in total. The Kier molecular flexibility index (Phi) is 3.97. The topological polar surface area (TPSA) is 3.88 Å². The number of hydrogen-bond donors (Lipinski definition) is 0. The summed E-state index contributed by atoms with van der Waals surface area (Å²) in [6, 6.07) is 25.6. The third-order valence-corrected chi connectivity index (χ3v) is 5.16.